The van der Waals surface area contributed by atoms with Gasteiger partial charge in [-0.05, 0) is 18.1 Å². The van der Waals surface area contributed by atoms with Crippen LogP contribution in [-0.4, -0.2) is 30.4 Å². The van der Waals surface area contributed by atoms with Gasteiger partial charge in [-0.1, -0.05) is 36.9 Å². The van der Waals surface area contributed by atoms with Crippen molar-refractivity contribution in [2.75, 3.05) is 6.61 Å². The summed E-state index contributed by atoms with van der Waals surface area (Å²) in [7, 11) is -3.46. The zero-order valence-corrected chi connectivity index (χ0v) is 9.61. The van der Waals surface area contributed by atoms with Gasteiger partial charge in [0.15, 0.2) is 0 Å². The Balaban J connectivity index is 0.00000225. The molecule has 84 valence electrons. The van der Waals surface area contributed by atoms with Gasteiger partial charge in [-0.25, -0.2) is 0 Å². The third-order valence-corrected chi connectivity index (χ3v) is 3.36. The van der Waals surface area contributed by atoms with Crippen molar-refractivity contribution in [2.24, 2.45) is 0 Å². The van der Waals surface area contributed by atoms with Gasteiger partial charge >= 0.3 is 26.5 Å². The third kappa shape index (κ3) is 5.16. The van der Waals surface area contributed by atoms with E-state index in [4.69, 9.17) is 4.52 Å². The van der Waals surface area contributed by atoms with E-state index in [-0.39, 0.29) is 31.6 Å². The molecule has 16 heavy (non-hydrogen) atoms. The van der Waals surface area contributed by atoms with Crippen molar-refractivity contribution in [1.82, 2.24) is 0 Å². The quantitative estimate of drug-likeness (QED) is 0.628. The molecule has 0 radical (unpaired) electrons. The van der Waals surface area contributed by atoms with Crippen LogP contribution >= 0.6 is 7.60 Å². The molecule has 3 nitrogen and oxygen atoms in total. The summed E-state index contributed by atoms with van der Waals surface area (Å²) in [6.07, 6.45) is 1.78. The van der Waals surface area contributed by atoms with Crippen LogP contribution in [0.3, 0.4) is 0 Å². The van der Waals surface area contributed by atoms with Gasteiger partial charge in [0.2, 0.25) is 0 Å². The molecule has 1 aromatic rings. The average molecular weight is 234 g/mol. The molecule has 0 spiro atoms. The first-order valence-corrected chi connectivity index (χ1v) is 6.51. The SMILES string of the molecule is C=Cc1ccc(CP(=O)(O)OCC)cc1.[LiH]. The summed E-state index contributed by atoms with van der Waals surface area (Å²) in [5.41, 5.74) is 1.78. The molecule has 0 bridgehead atoms. The first-order chi connectivity index (χ1) is 7.07. The normalized spacial score (nSPS) is 13.6. The third-order valence-electron chi connectivity index (χ3n) is 1.93. The second-order valence-corrected chi connectivity index (χ2v) is 5.01. The fourth-order valence-corrected chi connectivity index (χ4v) is 2.40. The van der Waals surface area contributed by atoms with Crippen LogP contribution in [0.15, 0.2) is 30.8 Å². The Bertz CT molecular complexity index is 375. The Kier molecular flexibility index (Phi) is 6.99. The van der Waals surface area contributed by atoms with Crippen molar-refractivity contribution >= 4 is 32.5 Å². The molecule has 0 fully saturated rings. The van der Waals surface area contributed by atoms with E-state index in [0.717, 1.165) is 11.1 Å². The van der Waals surface area contributed by atoms with Crippen molar-refractivity contribution in [3.63, 3.8) is 0 Å². The van der Waals surface area contributed by atoms with Crippen LogP contribution in [0, 0.1) is 0 Å². The molecule has 1 N–H and O–H groups in total. The Morgan fingerprint density at radius 1 is 1.44 bits per heavy atom. The number of rotatable bonds is 5. The van der Waals surface area contributed by atoms with Gasteiger partial charge < -0.3 is 9.42 Å². The second kappa shape index (κ2) is 7.12. The van der Waals surface area contributed by atoms with Crippen molar-refractivity contribution in [3.8, 4) is 0 Å². The molecule has 0 heterocycles. The number of hydrogen-bond acceptors (Lipinski definition) is 2. The molecule has 0 amide bonds. The van der Waals surface area contributed by atoms with Crippen LogP contribution in [0.2, 0.25) is 0 Å². The van der Waals surface area contributed by atoms with E-state index in [2.05, 4.69) is 6.58 Å². The molecule has 1 unspecified atom stereocenters. The van der Waals surface area contributed by atoms with Crippen LogP contribution < -0.4 is 0 Å². The number of hydrogen-bond donors (Lipinski definition) is 1. The van der Waals surface area contributed by atoms with E-state index in [9.17, 15) is 9.46 Å². The van der Waals surface area contributed by atoms with E-state index in [0.29, 0.717) is 0 Å². The van der Waals surface area contributed by atoms with E-state index >= 15 is 0 Å². The van der Waals surface area contributed by atoms with Crippen LogP contribution in [0.1, 0.15) is 18.1 Å². The van der Waals surface area contributed by atoms with Gasteiger partial charge in [0.05, 0.1) is 12.8 Å². The van der Waals surface area contributed by atoms with E-state index in [1.54, 1.807) is 25.1 Å². The van der Waals surface area contributed by atoms with Crippen LogP contribution in [0.4, 0.5) is 0 Å². The first kappa shape index (κ1) is 15.7. The summed E-state index contributed by atoms with van der Waals surface area (Å²) >= 11 is 0. The Morgan fingerprint density at radius 2 is 2.00 bits per heavy atom. The predicted molar refractivity (Wildman–Crippen MR) is 68.8 cm³/mol. The predicted octanol–water partition coefficient (Wildman–Crippen LogP) is 2.40. The first-order valence-electron chi connectivity index (χ1n) is 4.75. The molecular weight excluding hydrogens is 218 g/mol. The number of benzene rings is 1. The minimum atomic E-state index is -3.46. The molecule has 0 saturated heterocycles. The fourth-order valence-electron chi connectivity index (χ4n) is 1.24. The Morgan fingerprint density at radius 3 is 2.44 bits per heavy atom. The van der Waals surface area contributed by atoms with Gasteiger partial charge in [-0.15, -0.1) is 0 Å². The molecule has 1 rings (SSSR count). The van der Waals surface area contributed by atoms with Crippen LogP contribution in [0.5, 0.6) is 0 Å². The standard InChI is InChI=1S/C11H15O3P.Li.H/c1-3-10-5-7-11(8-6-10)9-15(12,13)14-4-2;;/h3,5-8H,1,4,9H2,2H3,(H,12,13);;. The van der Waals surface area contributed by atoms with Gasteiger partial charge in [0.1, 0.15) is 0 Å². The van der Waals surface area contributed by atoms with Crippen molar-refractivity contribution in [3.05, 3.63) is 42.0 Å². The maximum absolute atomic E-state index is 11.5. The Hall–Kier alpha value is -0.293. The van der Waals surface area contributed by atoms with Crippen molar-refractivity contribution in [2.45, 2.75) is 13.1 Å². The van der Waals surface area contributed by atoms with Gasteiger partial charge in [0.25, 0.3) is 0 Å². The van der Waals surface area contributed by atoms with Crippen LogP contribution in [-0.2, 0) is 15.3 Å². The summed E-state index contributed by atoms with van der Waals surface area (Å²) in [5, 5.41) is 0. The molecule has 1 atom stereocenters. The van der Waals surface area contributed by atoms with Gasteiger partial charge in [-0.2, -0.15) is 0 Å². The molecule has 0 saturated carbocycles. The molecule has 0 aliphatic carbocycles. The molecule has 0 aromatic heterocycles. The van der Waals surface area contributed by atoms with Crippen LogP contribution in [0.25, 0.3) is 6.08 Å². The summed E-state index contributed by atoms with van der Waals surface area (Å²) in [5.74, 6) is 0. The summed E-state index contributed by atoms with van der Waals surface area (Å²) in [4.78, 5) is 9.41. The zero-order valence-electron chi connectivity index (χ0n) is 8.72. The summed E-state index contributed by atoms with van der Waals surface area (Å²) < 4.78 is 16.2. The Labute approximate surface area is 108 Å². The molecular formula is C11H16LiO3P. The molecule has 1 aromatic carbocycles. The topological polar surface area (TPSA) is 46.5 Å². The fraction of sp³-hybridized carbons (Fsp3) is 0.273. The monoisotopic (exact) mass is 234 g/mol. The summed E-state index contributed by atoms with van der Waals surface area (Å²) in [6.45, 7) is 5.58. The van der Waals surface area contributed by atoms with Gasteiger partial charge in [0, 0.05) is 0 Å². The zero-order chi connectivity index (χ0) is 11.3. The molecule has 5 heteroatoms. The second-order valence-electron chi connectivity index (χ2n) is 3.16. The summed E-state index contributed by atoms with van der Waals surface area (Å²) in [6, 6.07) is 7.32. The van der Waals surface area contributed by atoms with E-state index in [1.165, 1.54) is 0 Å². The van der Waals surface area contributed by atoms with Crippen molar-refractivity contribution < 1.29 is 14.0 Å². The average Bonchev–Trinajstić information content (AvgIpc) is 2.18. The van der Waals surface area contributed by atoms with Gasteiger partial charge in [-0.3, -0.25) is 4.57 Å². The van der Waals surface area contributed by atoms with Crippen molar-refractivity contribution in [1.29, 1.82) is 0 Å². The molecule has 0 aliphatic heterocycles. The van der Waals surface area contributed by atoms with E-state index in [1.807, 2.05) is 12.1 Å². The van der Waals surface area contributed by atoms with E-state index < -0.39 is 7.60 Å². The minimum absolute atomic E-state index is 0. The maximum atomic E-state index is 11.5. The molecule has 0 aliphatic rings.